The van der Waals surface area contributed by atoms with Crippen LogP contribution in [0.25, 0.3) is 0 Å². The third-order valence-corrected chi connectivity index (χ3v) is 3.40. The van der Waals surface area contributed by atoms with E-state index in [-0.39, 0.29) is 6.10 Å². The van der Waals surface area contributed by atoms with Crippen LogP contribution in [-0.4, -0.2) is 12.3 Å². The minimum absolute atomic E-state index is 0.163. The zero-order valence-corrected chi connectivity index (χ0v) is 12.1. The lowest BCUT2D eigenvalue weighted by Crippen LogP contribution is -2.12. The van der Waals surface area contributed by atoms with Crippen LogP contribution in [0.2, 0.25) is 0 Å². The van der Waals surface area contributed by atoms with Gasteiger partial charge in [0.25, 0.3) is 0 Å². The van der Waals surface area contributed by atoms with Crippen LogP contribution in [0.4, 0.5) is 0 Å². The summed E-state index contributed by atoms with van der Waals surface area (Å²) < 4.78 is 5.88. The maximum Gasteiger partial charge on any atom is 0.0720 e. The lowest BCUT2D eigenvalue weighted by molar-refractivity contribution is 0.0535. The maximum absolute atomic E-state index is 7.40. The van der Waals surface area contributed by atoms with Crippen molar-refractivity contribution >= 4 is 6.21 Å². The molecule has 2 heteroatoms. The van der Waals surface area contributed by atoms with Crippen LogP contribution in [0.5, 0.6) is 0 Å². The number of hydrogen-bond donors (Lipinski definition) is 1. The molecule has 0 bridgehead atoms. The van der Waals surface area contributed by atoms with Gasteiger partial charge in [0.1, 0.15) is 0 Å². The van der Waals surface area contributed by atoms with Gasteiger partial charge in [-0.3, -0.25) is 0 Å². The molecule has 2 nitrogen and oxygen atoms in total. The van der Waals surface area contributed by atoms with Crippen LogP contribution in [0, 0.1) is 12.3 Å². The molecule has 0 saturated heterocycles. The first-order valence-electron chi connectivity index (χ1n) is 6.94. The predicted octanol–water partition coefficient (Wildman–Crippen LogP) is 4.14. The van der Waals surface area contributed by atoms with E-state index in [1.807, 2.05) is 25.1 Å². The molecule has 0 fully saturated rings. The first kappa shape index (κ1) is 14.5. The second-order valence-electron chi connectivity index (χ2n) is 5.15. The number of ether oxygens (including phenoxy) is 1. The largest absolute Gasteiger partial charge is 0.373 e. The molecular formula is C18H21NO. The molecule has 20 heavy (non-hydrogen) atoms. The molecule has 0 amide bonds. The minimum atomic E-state index is 0.163. The Hall–Kier alpha value is -1.93. The average Bonchev–Trinajstić information content (AvgIpc) is 2.48. The normalized spacial score (nSPS) is 12.1. The zero-order valence-electron chi connectivity index (χ0n) is 12.1. The molecule has 0 aliphatic rings. The van der Waals surface area contributed by atoms with E-state index in [1.165, 1.54) is 17.3 Å². The van der Waals surface area contributed by atoms with E-state index in [9.17, 15) is 0 Å². The summed E-state index contributed by atoms with van der Waals surface area (Å²) in [4.78, 5) is 0. The Morgan fingerprint density at radius 1 is 1.10 bits per heavy atom. The van der Waals surface area contributed by atoms with Gasteiger partial charge < -0.3 is 10.1 Å². The fourth-order valence-corrected chi connectivity index (χ4v) is 2.18. The molecule has 0 spiro atoms. The lowest BCUT2D eigenvalue weighted by Gasteiger charge is -2.14. The van der Waals surface area contributed by atoms with Crippen molar-refractivity contribution in [1.29, 1.82) is 5.41 Å². The highest BCUT2D eigenvalue weighted by Gasteiger charge is 2.06. The van der Waals surface area contributed by atoms with Gasteiger partial charge in [0.2, 0.25) is 0 Å². The van der Waals surface area contributed by atoms with E-state index in [4.69, 9.17) is 10.1 Å². The monoisotopic (exact) mass is 267 g/mol. The summed E-state index contributed by atoms with van der Waals surface area (Å²) in [6, 6.07) is 16.5. The standard InChI is InChI=1S/C18H21NO/c1-14-8-9-17(11-18(14)12-19)10-15(2)20-13-16-6-4-3-5-7-16/h3-9,11-12,15,19H,10,13H2,1-2H3. The summed E-state index contributed by atoms with van der Waals surface area (Å²) in [6.07, 6.45) is 2.44. The van der Waals surface area contributed by atoms with E-state index >= 15 is 0 Å². The Morgan fingerprint density at radius 3 is 2.55 bits per heavy atom. The number of hydrogen-bond acceptors (Lipinski definition) is 2. The highest BCUT2D eigenvalue weighted by molar-refractivity contribution is 5.79. The molecule has 1 N–H and O–H groups in total. The smallest absolute Gasteiger partial charge is 0.0720 e. The Kier molecular flexibility index (Phi) is 5.08. The second kappa shape index (κ2) is 7.01. The lowest BCUT2D eigenvalue weighted by atomic mass is 10.0. The molecule has 0 aromatic heterocycles. The molecule has 0 heterocycles. The van der Waals surface area contributed by atoms with Crippen LogP contribution >= 0.6 is 0 Å². The molecule has 0 aliphatic heterocycles. The van der Waals surface area contributed by atoms with Gasteiger partial charge in [-0.05, 0) is 48.6 Å². The van der Waals surface area contributed by atoms with Crippen LogP contribution < -0.4 is 0 Å². The average molecular weight is 267 g/mol. The molecule has 1 unspecified atom stereocenters. The zero-order chi connectivity index (χ0) is 14.4. The van der Waals surface area contributed by atoms with Crippen molar-refractivity contribution < 1.29 is 4.74 Å². The van der Waals surface area contributed by atoms with Crippen molar-refractivity contribution in [3.05, 3.63) is 70.8 Å². The molecule has 0 radical (unpaired) electrons. The quantitative estimate of drug-likeness (QED) is 0.784. The third kappa shape index (κ3) is 4.04. The van der Waals surface area contributed by atoms with Crippen molar-refractivity contribution in [3.8, 4) is 0 Å². The van der Waals surface area contributed by atoms with Crippen LogP contribution in [0.15, 0.2) is 48.5 Å². The van der Waals surface area contributed by atoms with Gasteiger partial charge in [0, 0.05) is 6.21 Å². The van der Waals surface area contributed by atoms with Gasteiger partial charge >= 0.3 is 0 Å². The molecule has 2 aromatic rings. The Labute approximate surface area is 120 Å². The molecule has 104 valence electrons. The second-order valence-corrected chi connectivity index (χ2v) is 5.15. The highest BCUT2D eigenvalue weighted by Crippen LogP contribution is 2.13. The summed E-state index contributed by atoms with van der Waals surface area (Å²) in [5.41, 5.74) is 4.54. The summed E-state index contributed by atoms with van der Waals surface area (Å²) in [5, 5.41) is 7.40. The SMILES string of the molecule is Cc1ccc(CC(C)OCc2ccccc2)cc1C=N. The number of rotatable bonds is 6. The Bertz CT molecular complexity index is 563. The number of aryl methyl sites for hydroxylation is 1. The predicted molar refractivity (Wildman–Crippen MR) is 83.5 cm³/mol. The molecule has 2 rings (SSSR count). The fourth-order valence-electron chi connectivity index (χ4n) is 2.18. The van der Waals surface area contributed by atoms with E-state index in [0.29, 0.717) is 6.61 Å². The first-order chi connectivity index (χ1) is 9.69. The summed E-state index contributed by atoms with van der Waals surface area (Å²) in [7, 11) is 0. The van der Waals surface area contributed by atoms with Crippen LogP contribution in [-0.2, 0) is 17.8 Å². The van der Waals surface area contributed by atoms with Crippen molar-refractivity contribution in [2.75, 3.05) is 0 Å². The van der Waals surface area contributed by atoms with Gasteiger partial charge in [0.15, 0.2) is 0 Å². The van der Waals surface area contributed by atoms with E-state index in [1.54, 1.807) is 0 Å². The molecule has 0 aliphatic carbocycles. The maximum atomic E-state index is 7.40. The van der Waals surface area contributed by atoms with Crippen molar-refractivity contribution in [2.24, 2.45) is 0 Å². The summed E-state index contributed by atoms with van der Waals surface area (Å²) >= 11 is 0. The van der Waals surface area contributed by atoms with Crippen molar-refractivity contribution in [3.63, 3.8) is 0 Å². The van der Waals surface area contributed by atoms with Crippen LogP contribution in [0.1, 0.15) is 29.2 Å². The fraction of sp³-hybridized carbons (Fsp3) is 0.278. The van der Waals surface area contributed by atoms with E-state index < -0.39 is 0 Å². The van der Waals surface area contributed by atoms with Gasteiger partial charge in [0.05, 0.1) is 12.7 Å². The van der Waals surface area contributed by atoms with Crippen molar-refractivity contribution in [1.82, 2.24) is 0 Å². The Morgan fingerprint density at radius 2 is 1.85 bits per heavy atom. The number of benzene rings is 2. The van der Waals surface area contributed by atoms with Gasteiger partial charge in [-0.2, -0.15) is 0 Å². The Balaban J connectivity index is 1.91. The molecule has 0 saturated carbocycles. The number of nitrogens with one attached hydrogen (secondary N) is 1. The van der Waals surface area contributed by atoms with Gasteiger partial charge in [-0.1, -0.05) is 42.5 Å². The van der Waals surface area contributed by atoms with Crippen molar-refractivity contribution in [2.45, 2.75) is 33.0 Å². The van der Waals surface area contributed by atoms with Gasteiger partial charge in [-0.25, -0.2) is 0 Å². The minimum Gasteiger partial charge on any atom is -0.373 e. The highest BCUT2D eigenvalue weighted by atomic mass is 16.5. The van der Waals surface area contributed by atoms with E-state index in [2.05, 4.69) is 37.3 Å². The van der Waals surface area contributed by atoms with E-state index in [0.717, 1.165) is 17.5 Å². The summed E-state index contributed by atoms with van der Waals surface area (Å²) in [5.74, 6) is 0. The molecular weight excluding hydrogens is 246 g/mol. The van der Waals surface area contributed by atoms with Crippen LogP contribution in [0.3, 0.4) is 0 Å². The molecule has 2 aromatic carbocycles. The topological polar surface area (TPSA) is 33.1 Å². The molecule has 1 atom stereocenters. The third-order valence-electron chi connectivity index (χ3n) is 3.40. The van der Waals surface area contributed by atoms with Gasteiger partial charge in [-0.15, -0.1) is 0 Å². The summed E-state index contributed by atoms with van der Waals surface area (Å²) in [6.45, 7) is 4.76. The first-order valence-corrected chi connectivity index (χ1v) is 6.94.